The van der Waals surface area contributed by atoms with E-state index in [9.17, 15) is 0 Å². The molecule has 1 aliphatic carbocycles. The van der Waals surface area contributed by atoms with Gasteiger partial charge in [0.1, 0.15) is 5.82 Å². The van der Waals surface area contributed by atoms with Crippen molar-refractivity contribution >= 4 is 22.8 Å². The van der Waals surface area contributed by atoms with Gasteiger partial charge in [0.2, 0.25) is 5.95 Å². The second-order valence-electron chi connectivity index (χ2n) is 6.76. The van der Waals surface area contributed by atoms with Gasteiger partial charge in [-0.2, -0.15) is 15.1 Å². The summed E-state index contributed by atoms with van der Waals surface area (Å²) in [5.41, 5.74) is 2.43. The number of anilines is 2. The van der Waals surface area contributed by atoms with Crippen LogP contribution in [0.4, 0.5) is 11.8 Å². The summed E-state index contributed by atoms with van der Waals surface area (Å²) in [5.74, 6) is 1.65. The van der Waals surface area contributed by atoms with Crippen LogP contribution in [0.1, 0.15) is 32.1 Å². The van der Waals surface area contributed by atoms with Crippen molar-refractivity contribution in [2.24, 2.45) is 7.05 Å². The molecule has 2 aliphatic rings. The van der Waals surface area contributed by atoms with Crippen molar-refractivity contribution in [3.8, 4) is 0 Å². The summed E-state index contributed by atoms with van der Waals surface area (Å²) in [6.07, 6.45) is 10.5. The summed E-state index contributed by atoms with van der Waals surface area (Å²) in [6, 6.07) is 0. The SMILES string of the molecule is Cn1ncc2c(N3CCOCC3)nc(NCCC3=CCCCC3)nc21. The highest BCUT2D eigenvalue weighted by Gasteiger charge is 2.19. The minimum Gasteiger partial charge on any atom is -0.378 e. The number of nitrogens with one attached hydrogen (secondary N) is 1. The molecule has 1 saturated heterocycles. The number of allylic oxidation sites excluding steroid dienone is 1. The molecule has 1 aliphatic heterocycles. The molecule has 25 heavy (non-hydrogen) atoms. The Bertz CT molecular complexity index is 762. The number of morpholine rings is 1. The number of hydrogen-bond acceptors (Lipinski definition) is 6. The highest BCUT2D eigenvalue weighted by atomic mass is 16.5. The summed E-state index contributed by atoms with van der Waals surface area (Å²) in [4.78, 5) is 11.7. The standard InChI is InChI=1S/C18H26N6O/c1-23-16-15(13-20-23)17(24-9-11-25-12-10-24)22-18(21-16)19-8-7-14-5-3-2-4-6-14/h5,13H,2-4,6-12H2,1H3,(H,19,21,22). The van der Waals surface area contributed by atoms with Crippen LogP contribution in [0.3, 0.4) is 0 Å². The zero-order valence-electron chi connectivity index (χ0n) is 14.9. The van der Waals surface area contributed by atoms with Crippen LogP contribution >= 0.6 is 0 Å². The van der Waals surface area contributed by atoms with Crippen molar-refractivity contribution in [2.75, 3.05) is 43.1 Å². The fraction of sp³-hybridized carbons (Fsp3) is 0.611. The van der Waals surface area contributed by atoms with E-state index in [0.717, 1.165) is 56.1 Å². The number of aromatic nitrogens is 4. The van der Waals surface area contributed by atoms with Gasteiger partial charge in [0, 0.05) is 26.7 Å². The van der Waals surface area contributed by atoms with Crippen LogP contribution in [-0.4, -0.2) is 52.6 Å². The van der Waals surface area contributed by atoms with E-state index in [-0.39, 0.29) is 0 Å². The van der Waals surface area contributed by atoms with Gasteiger partial charge in [-0.3, -0.25) is 4.68 Å². The molecule has 2 aromatic rings. The van der Waals surface area contributed by atoms with Crippen molar-refractivity contribution in [3.63, 3.8) is 0 Å². The van der Waals surface area contributed by atoms with Crippen LogP contribution in [0.5, 0.6) is 0 Å². The van der Waals surface area contributed by atoms with Gasteiger partial charge in [-0.15, -0.1) is 0 Å². The first-order valence-electron chi connectivity index (χ1n) is 9.25. The zero-order valence-corrected chi connectivity index (χ0v) is 14.9. The monoisotopic (exact) mass is 342 g/mol. The van der Waals surface area contributed by atoms with Crippen molar-refractivity contribution in [2.45, 2.75) is 32.1 Å². The first-order valence-corrected chi connectivity index (χ1v) is 9.25. The molecule has 0 spiro atoms. The Kier molecular flexibility index (Phi) is 4.83. The maximum atomic E-state index is 5.47. The van der Waals surface area contributed by atoms with Crippen LogP contribution in [0.25, 0.3) is 11.0 Å². The number of aryl methyl sites for hydroxylation is 1. The van der Waals surface area contributed by atoms with Gasteiger partial charge in [-0.25, -0.2) is 0 Å². The van der Waals surface area contributed by atoms with Crippen LogP contribution in [0.2, 0.25) is 0 Å². The Morgan fingerprint density at radius 2 is 2.08 bits per heavy atom. The minimum atomic E-state index is 0.689. The zero-order chi connectivity index (χ0) is 17.1. The van der Waals surface area contributed by atoms with E-state index in [1.807, 2.05) is 17.9 Å². The molecule has 0 unspecified atom stereocenters. The van der Waals surface area contributed by atoms with Gasteiger partial charge < -0.3 is 15.0 Å². The number of nitrogens with zero attached hydrogens (tertiary/aromatic N) is 5. The number of ether oxygens (including phenoxy) is 1. The first-order chi connectivity index (χ1) is 12.3. The van der Waals surface area contributed by atoms with Crippen molar-refractivity contribution in [1.29, 1.82) is 0 Å². The highest BCUT2D eigenvalue weighted by molar-refractivity contribution is 5.88. The maximum absolute atomic E-state index is 5.47. The third kappa shape index (κ3) is 3.61. The molecule has 134 valence electrons. The summed E-state index contributed by atoms with van der Waals surface area (Å²) in [7, 11) is 1.93. The van der Waals surface area contributed by atoms with Crippen LogP contribution in [0.15, 0.2) is 17.8 Å². The minimum absolute atomic E-state index is 0.689. The molecule has 0 saturated carbocycles. The lowest BCUT2D eigenvalue weighted by Gasteiger charge is -2.28. The molecule has 0 atom stereocenters. The highest BCUT2D eigenvalue weighted by Crippen LogP contribution is 2.26. The number of hydrogen-bond donors (Lipinski definition) is 1. The fourth-order valence-electron chi connectivity index (χ4n) is 3.57. The third-order valence-electron chi connectivity index (χ3n) is 5.00. The predicted octanol–water partition coefficient (Wildman–Crippen LogP) is 2.50. The number of rotatable bonds is 5. The van der Waals surface area contributed by atoms with E-state index < -0.39 is 0 Å². The summed E-state index contributed by atoms with van der Waals surface area (Å²) >= 11 is 0. The van der Waals surface area contributed by atoms with E-state index >= 15 is 0 Å². The van der Waals surface area contributed by atoms with Crippen molar-refractivity contribution < 1.29 is 4.74 Å². The quantitative estimate of drug-likeness (QED) is 0.842. The van der Waals surface area contributed by atoms with E-state index in [0.29, 0.717) is 5.95 Å². The Balaban J connectivity index is 1.53. The van der Waals surface area contributed by atoms with Crippen LogP contribution < -0.4 is 10.2 Å². The molecule has 7 nitrogen and oxygen atoms in total. The van der Waals surface area contributed by atoms with Crippen LogP contribution in [-0.2, 0) is 11.8 Å². The lowest BCUT2D eigenvalue weighted by Crippen LogP contribution is -2.37. The average Bonchev–Trinajstić information content (AvgIpc) is 3.04. The Labute approximate surface area is 148 Å². The smallest absolute Gasteiger partial charge is 0.226 e. The third-order valence-corrected chi connectivity index (χ3v) is 5.00. The molecule has 0 bridgehead atoms. The molecule has 7 heteroatoms. The second kappa shape index (κ2) is 7.39. The first kappa shape index (κ1) is 16.3. The van der Waals surface area contributed by atoms with E-state index in [1.165, 1.54) is 25.7 Å². The predicted molar refractivity (Wildman–Crippen MR) is 99.0 cm³/mol. The molecule has 2 aromatic heterocycles. The van der Waals surface area contributed by atoms with Crippen molar-refractivity contribution in [1.82, 2.24) is 19.7 Å². The topological polar surface area (TPSA) is 68.1 Å². The molecule has 1 N–H and O–H groups in total. The largest absolute Gasteiger partial charge is 0.378 e. The maximum Gasteiger partial charge on any atom is 0.226 e. The van der Waals surface area contributed by atoms with E-state index in [4.69, 9.17) is 9.72 Å². The van der Waals surface area contributed by atoms with Gasteiger partial charge in [-0.05, 0) is 32.1 Å². The van der Waals surface area contributed by atoms with Gasteiger partial charge in [0.15, 0.2) is 5.65 Å². The summed E-state index contributed by atoms with van der Waals surface area (Å²) in [6.45, 7) is 4.06. The molecule has 4 rings (SSSR count). The fourth-order valence-corrected chi connectivity index (χ4v) is 3.57. The molecular formula is C18H26N6O. The molecule has 3 heterocycles. The summed E-state index contributed by atoms with van der Waals surface area (Å²) < 4.78 is 7.29. The molecule has 0 aromatic carbocycles. The Hall–Kier alpha value is -2.15. The second-order valence-corrected chi connectivity index (χ2v) is 6.76. The van der Waals surface area contributed by atoms with E-state index in [1.54, 1.807) is 5.57 Å². The molecule has 0 amide bonds. The van der Waals surface area contributed by atoms with Gasteiger partial charge in [0.05, 0.1) is 24.8 Å². The van der Waals surface area contributed by atoms with Crippen LogP contribution in [0, 0.1) is 0 Å². The van der Waals surface area contributed by atoms with Gasteiger partial charge in [0.25, 0.3) is 0 Å². The average molecular weight is 342 g/mol. The molecular weight excluding hydrogens is 316 g/mol. The lowest BCUT2D eigenvalue weighted by molar-refractivity contribution is 0.122. The molecule has 0 radical (unpaired) electrons. The van der Waals surface area contributed by atoms with Crippen molar-refractivity contribution in [3.05, 3.63) is 17.8 Å². The number of fused-ring (bicyclic) bond motifs is 1. The Morgan fingerprint density at radius 1 is 1.20 bits per heavy atom. The normalized spacial score (nSPS) is 18.4. The Morgan fingerprint density at radius 3 is 2.88 bits per heavy atom. The summed E-state index contributed by atoms with van der Waals surface area (Å²) in [5, 5.41) is 8.79. The van der Waals surface area contributed by atoms with Gasteiger partial charge >= 0.3 is 0 Å². The van der Waals surface area contributed by atoms with E-state index in [2.05, 4.69) is 26.4 Å². The van der Waals surface area contributed by atoms with Gasteiger partial charge in [-0.1, -0.05) is 11.6 Å². The lowest BCUT2D eigenvalue weighted by atomic mass is 9.97. The molecule has 1 fully saturated rings.